The lowest BCUT2D eigenvalue weighted by Crippen LogP contribution is -2.31. The van der Waals surface area contributed by atoms with Gasteiger partial charge in [-0.15, -0.1) is 0 Å². The van der Waals surface area contributed by atoms with Crippen molar-refractivity contribution in [3.63, 3.8) is 0 Å². The molecular formula is C12H17NO2. The van der Waals surface area contributed by atoms with Gasteiger partial charge in [-0.05, 0) is 37.0 Å². The van der Waals surface area contributed by atoms with Gasteiger partial charge in [-0.25, -0.2) is 0 Å². The molecule has 0 aliphatic carbocycles. The van der Waals surface area contributed by atoms with Gasteiger partial charge in [0.15, 0.2) is 0 Å². The Kier molecular flexibility index (Phi) is 3.34. The van der Waals surface area contributed by atoms with Crippen molar-refractivity contribution in [2.45, 2.75) is 31.3 Å². The summed E-state index contributed by atoms with van der Waals surface area (Å²) in [5, 5.41) is 10.4. The molecule has 0 spiro atoms. The van der Waals surface area contributed by atoms with Crippen LogP contribution in [0.3, 0.4) is 0 Å². The molecule has 1 N–H and O–H groups in total. The number of aliphatic hydroxyl groups is 1. The van der Waals surface area contributed by atoms with Crippen LogP contribution < -0.4 is 0 Å². The van der Waals surface area contributed by atoms with E-state index in [2.05, 4.69) is 4.98 Å². The first-order chi connectivity index (χ1) is 7.29. The Balaban J connectivity index is 2.02. The van der Waals surface area contributed by atoms with E-state index in [1.165, 1.54) is 0 Å². The molecule has 1 aliphatic rings. The number of ether oxygens (including phenoxy) is 1. The Morgan fingerprint density at radius 3 is 2.87 bits per heavy atom. The first-order valence-electron chi connectivity index (χ1n) is 5.48. The fourth-order valence-corrected chi connectivity index (χ4v) is 2.05. The molecule has 0 saturated carbocycles. The zero-order valence-corrected chi connectivity index (χ0v) is 8.85. The lowest BCUT2D eigenvalue weighted by molar-refractivity contribution is 0.0188. The molecule has 1 aromatic rings. The van der Waals surface area contributed by atoms with Crippen LogP contribution in [-0.2, 0) is 11.2 Å². The number of pyridine rings is 1. The third-order valence-corrected chi connectivity index (χ3v) is 2.93. The van der Waals surface area contributed by atoms with Gasteiger partial charge in [-0.3, -0.25) is 4.98 Å². The molecule has 0 aromatic carbocycles. The Morgan fingerprint density at radius 1 is 1.27 bits per heavy atom. The smallest absolute Gasteiger partial charge is 0.0710 e. The molecule has 82 valence electrons. The van der Waals surface area contributed by atoms with Crippen molar-refractivity contribution >= 4 is 0 Å². The van der Waals surface area contributed by atoms with Crippen LogP contribution in [0.4, 0.5) is 0 Å². The van der Waals surface area contributed by atoms with Gasteiger partial charge in [0.05, 0.1) is 5.60 Å². The molecule has 1 aromatic heterocycles. The van der Waals surface area contributed by atoms with E-state index in [0.717, 1.165) is 31.4 Å². The van der Waals surface area contributed by atoms with Crippen molar-refractivity contribution < 1.29 is 9.84 Å². The van der Waals surface area contributed by atoms with Crippen LogP contribution in [0, 0.1) is 0 Å². The second-order valence-electron chi connectivity index (χ2n) is 4.22. The predicted octanol–water partition coefficient (Wildman–Crippen LogP) is 1.56. The lowest BCUT2D eigenvalue weighted by atomic mass is 9.88. The molecule has 3 nitrogen and oxygen atoms in total. The van der Waals surface area contributed by atoms with E-state index in [0.29, 0.717) is 13.0 Å². The topological polar surface area (TPSA) is 42.4 Å². The van der Waals surface area contributed by atoms with Crippen molar-refractivity contribution in [3.8, 4) is 0 Å². The summed E-state index contributed by atoms with van der Waals surface area (Å²) in [6, 6.07) is 3.92. The zero-order chi connectivity index (χ0) is 10.6. The first-order valence-corrected chi connectivity index (χ1v) is 5.48. The predicted molar refractivity (Wildman–Crippen MR) is 57.6 cm³/mol. The average molecular weight is 207 g/mol. The van der Waals surface area contributed by atoms with E-state index in [-0.39, 0.29) is 0 Å². The molecule has 0 radical (unpaired) electrons. The van der Waals surface area contributed by atoms with Gasteiger partial charge in [-0.2, -0.15) is 0 Å². The summed E-state index contributed by atoms with van der Waals surface area (Å²) in [5.41, 5.74) is 0.562. The maximum absolute atomic E-state index is 10.4. The van der Waals surface area contributed by atoms with E-state index in [1.807, 2.05) is 12.1 Å². The standard InChI is InChI=1S/C12H17NO2/c14-12(4-1-8-15-9-5-12)10-11-2-6-13-7-3-11/h2-3,6-7,14H,1,4-5,8-10H2. The highest BCUT2D eigenvalue weighted by Crippen LogP contribution is 2.25. The minimum absolute atomic E-state index is 0.585. The van der Waals surface area contributed by atoms with E-state index in [4.69, 9.17) is 4.74 Å². The Hall–Kier alpha value is -0.930. The molecular weight excluding hydrogens is 190 g/mol. The minimum Gasteiger partial charge on any atom is -0.389 e. The Morgan fingerprint density at radius 2 is 2.07 bits per heavy atom. The molecule has 2 heterocycles. The fraction of sp³-hybridized carbons (Fsp3) is 0.583. The maximum Gasteiger partial charge on any atom is 0.0710 e. The highest BCUT2D eigenvalue weighted by Gasteiger charge is 2.28. The van der Waals surface area contributed by atoms with E-state index < -0.39 is 5.60 Å². The Bertz CT molecular complexity index is 292. The number of hydrogen-bond acceptors (Lipinski definition) is 3. The normalized spacial score (nSPS) is 27.3. The summed E-state index contributed by atoms with van der Waals surface area (Å²) in [7, 11) is 0. The summed E-state index contributed by atoms with van der Waals surface area (Å²) in [5.74, 6) is 0. The Labute approximate surface area is 90.1 Å². The van der Waals surface area contributed by atoms with E-state index >= 15 is 0 Å². The monoisotopic (exact) mass is 207 g/mol. The van der Waals surface area contributed by atoms with Gasteiger partial charge in [0.1, 0.15) is 0 Å². The summed E-state index contributed by atoms with van der Waals surface area (Å²) in [4.78, 5) is 3.97. The van der Waals surface area contributed by atoms with Gasteiger partial charge in [0.2, 0.25) is 0 Å². The van der Waals surface area contributed by atoms with Crippen LogP contribution in [0.15, 0.2) is 24.5 Å². The van der Waals surface area contributed by atoms with Crippen LogP contribution in [0.25, 0.3) is 0 Å². The fourth-order valence-electron chi connectivity index (χ4n) is 2.05. The van der Waals surface area contributed by atoms with Crippen LogP contribution >= 0.6 is 0 Å². The van der Waals surface area contributed by atoms with Crippen LogP contribution in [0.5, 0.6) is 0 Å². The van der Waals surface area contributed by atoms with Gasteiger partial charge in [0.25, 0.3) is 0 Å². The van der Waals surface area contributed by atoms with Gasteiger partial charge < -0.3 is 9.84 Å². The van der Waals surface area contributed by atoms with Gasteiger partial charge >= 0.3 is 0 Å². The molecule has 1 saturated heterocycles. The SMILES string of the molecule is OC1(Cc2ccncc2)CCCOCC1. The van der Waals surface area contributed by atoms with Crippen molar-refractivity contribution in [1.29, 1.82) is 0 Å². The maximum atomic E-state index is 10.4. The van der Waals surface area contributed by atoms with Crippen molar-refractivity contribution in [2.24, 2.45) is 0 Å². The highest BCUT2D eigenvalue weighted by atomic mass is 16.5. The summed E-state index contributed by atoms with van der Waals surface area (Å²) in [6.07, 6.45) is 6.75. The van der Waals surface area contributed by atoms with E-state index in [9.17, 15) is 5.11 Å². The number of hydrogen-bond donors (Lipinski definition) is 1. The molecule has 1 unspecified atom stereocenters. The van der Waals surface area contributed by atoms with Crippen molar-refractivity contribution in [3.05, 3.63) is 30.1 Å². The second-order valence-corrected chi connectivity index (χ2v) is 4.22. The molecule has 0 bridgehead atoms. The molecule has 1 fully saturated rings. The largest absolute Gasteiger partial charge is 0.389 e. The molecule has 0 amide bonds. The molecule has 15 heavy (non-hydrogen) atoms. The van der Waals surface area contributed by atoms with Crippen molar-refractivity contribution in [1.82, 2.24) is 4.98 Å². The third kappa shape index (κ3) is 3.01. The quantitative estimate of drug-likeness (QED) is 0.800. The first kappa shape index (κ1) is 10.6. The molecule has 3 heteroatoms. The number of aromatic nitrogens is 1. The highest BCUT2D eigenvalue weighted by molar-refractivity contribution is 5.13. The molecule has 1 atom stereocenters. The van der Waals surface area contributed by atoms with Crippen LogP contribution in [-0.4, -0.2) is 28.9 Å². The number of rotatable bonds is 2. The van der Waals surface area contributed by atoms with Crippen LogP contribution in [0.2, 0.25) is 0 Å². The lowest BCUT2D eigenvalue weighted by Gasteiger charge is -2.25. The van der Waals surface area contributed by atoms with Gasteiger partial charge in [-0.1, -0.05) is 0 Å². The molecule has 2 rings (SSSR count). The summed E-state index contributed by atoms with van der Waals surface area (Å²) < 4.78 is 5.36. The second kappa shape index (κ2) is 4.73. The van der Waals surface area contributed by atoms with Crippen LogP contribution in [0.1, 0.15) is 24.8 Å². The minimum atomic E-state index is -0.585. The summed E-state index contributed by atoms with van der Waals surface area (Å²) in [6.45, 7) is 1.44. The summed E-state index contributed by atoms with van der Waals surface area (Å²) >= 11 is 0. The van der Waals surface area contributed by atoms with Gasteiger partial charge in [0, 0.05) is 32.0 Å². The average Bonchev–Trinajstić information content (AvgIpc) is 2.45. The number of nitrogens with zero attached hydrogens (tertiary/aromatic N) is 1. The zero-order valence-electron chi connectivity index (χ0n) is 8.85. The molecule has 1 aliphatic heterocycles. The third-order valence-electron chi connectivity index (χ3n) is 2.93. The van der Waals surface area contributed by atoms with Crippen molar-refractivity contribution in [2.75, 3.05) is 13.2 Å². The van der Waals surface area contributed by atoms with E-state index in [1.54, 1.807) is 12.4 Å².